The average Bonchev–Trinajstić information content (AvgIpc) is 3.20. The molecule has 4 aromatic rings. The second-order valence-corrected chi connectivity index (χ2v) is 8.86. The van der Waals surface area contributed by atoms with Crippen molar-refractivity contribution in [1.29, 1.82) is 0 Å². The third kappa shape index (κ3) is 4.06. The van der Waals surface area contributed by atoms with E-state index < -0.39 is 5.60 Å². The molecule has 0 bridgehead atoms. The van der Waals surface area contributed by atoms with Gasteiger partial charge in [0, 0.05) is 5.69 Å². The van der Waals surface area contributed by atoms with E-state index in [2.05, 4.69) is 64.2 Å². The maximum Gasteiger partial charge on any atom is 0.119 e. The minimum Gasteiger partial charge on any atom is -0.491 e. The molecule has 3 aromatic carbocycles. The third-order valence-electron chi connectivity index (χ3n) is 6.15. The zero-order valence-corrected chi connectivity index (χ0v) is 18.5. The maximum absolute atomic E-state index is 10.5. The Balaban J connectivity index is 1.33. The summed E-state index contributed by atoms with van der Waals surface area (Å²) in [5.74, 6) is 0.871. The van der Waals surface area contributed by atoms with Crippen LogP contribution in [0.25, 0.3) is 28.9 Å². The molecular weight excluding hydrogens is 396 g/mol. The summed E-state index contributed by atoms with van der Waals surface area (Å²) < 4.78 is 7.83. The van der Waals surface area contributed by atoms with Crippen LogP contribution in [0.4, 0.5) is 0 Å². The van der Waals surface area contributed by atoms with E-state index in [0.29, 0.717) is 0 Å². The summed E-state index contributed by atoms with van der Waals surface area (Å²) in [7, 11) is 0. The fraction of sp³-hybridized carbons (Fsp3) is 0.250. The lowest BCUT2D eigenvalue weighted by Gasteiger charge is -2.37. The monoisotopic (exact) mass is 424 g/mol. The van der Waals surface area contributed by atoms with Crippen LogP contribution in [-0.4, -0.2) is 20.8 Å². The van der Waals surface area contributed by atoms with E-state index in [-0.39, 0.29) is 6.10 Å². The zero-order chi connectivity index (χ0) is 22.1. The van der Waals surface area contributed by atoms with E-state index in [9.17, 15) is 5.11 Å². The van der Waals surface area contributed by atoms with Crippen molar-refractivity contribution in [3.05, 3.63) is 89.7 Å². The number of ether oxygens (including phenoxy) is 1. The van der Waals surface area contributed by atoms with Gasteiger partial charge >= 0.3 is 0 Å². The molecule has 0 amide bonds. The third-order valence-corrected chi connectivity index (χ3v) is 6.15. The molecule has 1 N–H and O–H groups in total. The molecule has 162 valence electrons. The molecule has 0 saturated heterocycles. The number of aromatic nitrogens is 2. The van der Waals surface area contributed by atoms with Gasteiger partial charge in [0.05, 0.1) is 22.7 Å². The fourth-order valence-electron chi connectivity index (χ4n) is 4.19. The molecule has 4 nitrogen and oxygen atoms in total. The van der Waals surface area contributed by atoms with Crippen LogP contribution in [0.5, 0.6) is 5.75 Å². The van der Waals surface area contributed by atoms with Gasteiger partial charge in [-0.3, -0.25) is 4.57 Å². The summed E-state index contributed by atoms with van der Waals surface area (Å²) in [6.07, 6.45) is 9.06. The van der Waals surface area contributed by atoms with Crippen LogP contribution in [-0.2, 0) is 5.60 Å². The molecule has 1 heterocycles. The molecule has 5 rings (SSSR count). The quantitative estimate of drug-likeness (QED) is 0.367. The van der Waals surface area contributed by atoms with E-state index in [1.807, 2.05) is 44.4 Å². The SMILES string of the molecule is CC(C)Oc1ccc(-n2cnc3cc(/C=C\c4ccc(C5(O)CCC5)cc4)ccc32)cc1. The molecule has 1 saturated carbocycles. The van der Waals surface area contributed by atoms with Gasteiger partial charge in [-0.25, -0.2) is 4.98 Å². The lowest BCUT2D eigenvalue weighted by Crippen LogP contribution is -2.33. The van der Waals surface area contributed by atoms with Crippen LogP contribution < -0.4 is 4.74 Å². The second-order valence-electron chi connectivity index (χ2n) is 8.86. The van der Waals surface area contributed by atoms with Gasteiger partial charge in [0.15, 0.2) is 0 Å². The lowest BCUT2D eigenvalue weighted by atomic mass is 9.75. The predicted molar refractivity (Wildman–Crippen MR) is 130 cm³/mol. The molecule has 0 unspecified atom stereocenters. The normalized spacial score (nSPS) is 15.4. The maximum atomic E-state index is 10.5. The molecule has 4 heteroatoms. The zero-order valence-electron chi connectivity index (χ0n) is 18.5. The summed E-state index contributed by atoms with van der Waals surface area (Å²) >= 11 is 0. The number of benzene rings is 3. The number of fused-ring (bicyclic) bond motifs is 1. The Morgan fingerprint density at radius 3 is 2.28 bits per heavy atom. The number of nitrogens with zero attached hydrogens (tertiary/aromatic N) is 2. The average molecular weight is 425 g/mol. The van der Waals surface area contributed by atoms with Gasteiger partial charge < -0.3 is 9.84 Å². The van der Waals surface area contributed by atoms with Crippen LogP contribution in [0.3, 0.4) is 0 Å². The molecule has 1 aliphatic carbocycles. The molecule has 0 aliphatic heterocycles. The largest absolute Gasteiger partial charge is 0.491 e. The van der Waals surface area contributed by atoms with Crippen molar-refractivity contribution in [2.75, 3.05) is 0 Å². The number of rotatable bonds is 6. The molecule has 32 heavy (non-hydrogen) atoms. The molecule has 0 radical (unpaired) electrons. The van der Waals surface area contributed by atoms with Gasteiger partial charge in [0.1, 0.15) is 12.1 Å². The van der Waals surface area contributed by atoms with Crippen LogP contribution in [0.1, 0.15) is 49.8 Å². The van der Waals surface area contributed by atoms with E-state index in [4.69, 9.17) is 4.74 Å². The number of imidazole rings is 1. The van der Waals surface area contributed by atoms with Crippen molar-refractivity contribution in [3.8, 4) is 11.4 Å². The molecule has 1 aliphatic rings. The van der Waals surface area contributed by atoms with Gasteiger partial charge in [-0.2, -0.15) is 0 Å². The highest BCUT2D eigenvalue weighted by atomic mass is 16.5. The lowest BCUT2D eigenvalue weighted by molar-refractivity contribution is -0.0387. The van der Waals surface area contributed by atoms with E-state index in [0.717, 1.165) is 58.4 Å². The van der Waals surface area contributed by atoms with Gasteiger partial charge in [0.25, 0.3) is 0 Å². The highest BCUT2D eigenvalue weighted by Crippen LogP contribution is 2.41. The standard InChI is InChI=1S/C28H28N2O2/c1-20(2)32-25-13-11-24(12-14-25)30-19-29-26-18-22(8-15-27(26)30)5-4-21-6-9-23(10-7-21)28(31)16-3-17-28/h4-15,18-20,31H,3,16-17H2,1-2H3/b5-4-. The first-order valence-corrected chi connectivity index (χ1v) is 11.3. The summed E-state index contributed by atoms with van der Waals surface area (Å²) in [6, 6.07) is 22.6. The predicted octanol–water partition coefficient (Wildman–Crippen LogP) is 6.35. The number of hydrogen-bond donors (Lipinski definition) is 1. The minimum atomic E-state index is -0.603. The van der Waals surface area contributed by atoms with Gasteiger partial charge in [-0.05, 0) is 86.2 Å². The fourth-order valence-corrected chi connectivity index (χ4v) is 4.19. The second kappa shape index (κ2) is 8.29. The molecule has 1 aromatic heterocycles. The number of aliphatic hydroxyl groups is 1. The first-order valence-electron chi connectivity index (χ1n) is 11.3. The van der Waals surface area contributed by atoms with Crippen molar-refractivity contribution >= 4 is 23.2 Å². The van der Waals surface area contributed by atoms with Gasteiger partial charge in [0.2, 0.25) is 0 Å². The van der Waals surface area contributed by atoms with Crippen molar-refractivity contribution in [2.45, 2.75) is 44.8 Å². The highest BCUT2D eigenvalue weighted by molar-refractivity contribution is 5.82. The van der Waals surface area contributed by atoms with Crippen LogP contribution in [0.2, 0.25) is 0 Å². The van der Waals surface area contributed by atoms with E-state index in [1.165, 1.54) is 0 Å². The first-order chi connectivity index (χ1) is 15.5. The Hall–Kier alpha value is -3.37. The van der Waals surface area contributed by atoms with Crippen molar-refractivity contribution in [1.82, 2.24) is 9.55 Å². The Morgan fingerprint density at radius 2 is 1.62 bits per heavy atom. The molecular formula is C28H28N2O2. The molecule has 1 fully saturated rings. The Labute approximate surface area is 188 Å². The molecule has 0 spiro atoms. The highest BCUT2D eigenvalue weighted by Gasteiger charge is 2.35. The number of hydrogen-bond acceptors (Lipinski definition) is 3. The van der Waals surface area contributed by atoms with Gasteiger partial charge in [-0.15, -0.1) is 0 Å². The summed E-state index contributed by atoms with van der Waals surface area (Å²) in [6.45, 7) is 4.05. The van der Waals surface area contributed by atoms with Crippen molar-refractivity contribution in [3.63, 3.8) is 0 Å². The van der Waals surface area contributed by atoms with E-state index in [1.54, 1.807) is 0 Å². The van der Waals surface area contributed by atoms with Gasteiger partial charge in [-0.1, -0.05) is 42.5 Å². The Kier molecular flexibility index (Phi) is 5.32. The van der Waals surface area contributed by atoms with E-state index >= 15 is 0 Å². The van der Waals surface area contributed by atoms with Crippen molar-refractivity contribution in [2.24, 2.45) is 0 Å². The smallest absolute Gasteiger partial charge is 0.119 e. The summed E-state index contributed by atoms with van der Waals surface area (Å²) in [4.78, 5) is 4.61. The van der Waals surface area contributed by atoms with Crippen LogP contribution in [0.15, 0.2) is 73.1 Å². The van der Waals surface area contributed by atoms with Crippen molar-refractivity contribution < 1.29 is 9.84 Å². The first kappa shape index (κ1) is 20.5. The van der Waals surface area contributed by atoms with Crippen LogP contribution in [0, 0.1) is 0 Å². The molecule has 0 atom stereocenters. The Bertz CT molecular complexity index is 1250. The minimum absolute atomic E-state index is 0.161. The Morgan fingerprint density at radius 1 is 0.938 bits per heavy atom. The van der Waals surface area contributed by atoms with Crippen LogP contribution >= 0.6 is 0 Å². The topological polar surface area (TPSA) is 47.3 Å². The summed E-state index contributed by atoms with van der Waals surface area (Å²) in [5.41, 5.74) is 5.72. The summed E-state index contributed by atoms with van der Waals surface area (Å²) in [5, 5.41) is 10.5.